The van der Waals surface area contributed by atoms with E-state index in [1.54, 1.807) is 0 Å². The second-order valence-electron chi connectivity index (χ2n) is 11.9. The maximum absolute atomic E-state index is 4.57. The molecule has 0 aromatic heterocycles. The predicted octanol–water partition coefficient (Wildman–Crippen LogP) is 10.2. The summed E-state index contributed by atoms with van der Waals surface area (Å²) in [5.41, 5.74) is 1.27. The second kappa shape index (κ2) is 21.3. The molecule has 260 valence electrons. The molecule has 0 N–H and O–H groups in total. The summed E-state index contributed by atoms with van der Waals surface area (Å²) in [6, 6.07) is 77.5. The Hall–Kier alpha value is -4.28. The van der Waals surface area contributed by atoms with Crippen LogP contribution in [0.5, 0.6) is 0 Å². The molecule has 0 saturated carbocycles. The molecule has 0 bridgehead atoms. The number of halogens is 1. The van der Waals surface area contributed by atoms with Crippen LogP contribution in [0.2, 0.25) is 0 Å². The number of anilines is 1. The molecule has 0 spiro atoms. The maximum atomic E-state index is 4.57. The van der Waals surface area contributed by atoms with Crippen molar-refractivity contribution in [3.8, 4) is 0 Å². The van der Waals surface area contributed by atoms with E-state index in [9.17, 15) is 0 Å². The summed E-state index contributed by atoms with van der Waals surface area (Å²) in [6.45, 7) is 0. The molecular weight excluding hydrogens is 777 g/mol. The quantitative estimate of drug-likeness (QED) is 0.0880. The van der Waals surface area contributed by atoms with Crippen LogP contribution in [-0.4, -0.2) is 14.1 Å². The Morgan fingerprint density at radius 2 is 0.635 bits per heavy atom. The second-order valence-corrected chi connectivity index (χ2v) is 16.4. The van der Waals surface area contributed by atoms with Gasteiger partial charge >= 0.3 is 27.0 Å². The molecule has 0 aliphatic heterocycles. The molecule has 0 atom stereocenters. The van der Waals surface area contributed by atoms with Crippen LogP contribution < -0.4 is 36.7 Å². The van der Waals surface area contributed by atoms with Crippen molar-refractivity contribution in [1.82, 2.24) is 0 Å². The van der Waals surface area contributed by atoms with E-state index in [-0.39, 0.29) is 0 Å². The minimum atomic E-state index is -0.446. The molecule has 0 saturated heterocycles. The molecule has 0 aliphatic rings. The summed E-state index contributed by atoms with van der Waals surface area (Å²) < 4.78 is 0. The minimum Gasteiger partial charge on any atom is -0.0622 e. The van der Waals surface area contributed by atoms with Crippen molar-refractivity contribution in [3.63, 3.8) is 0 Å². The van der Waals surface area contributed by atoms with E-state index >= 15 is 0 Å². The largest absolute Gasteiger partial charge is 0.0622 e. The molecule has 0 amide bonds. The fraction of sp³-hybridized carbons (Fsp3) is 0.0426. The first-order chi connectivity index (χ1) is 25.7. The Labute approximate surface area is 326 Å². The average molecular weight is 819 g/mol. The molecule has 5 heteroatoms. The summed E-state index contributed by atoms with van der Waals surface area (Å²) in [6.07, 6.45) is 0. The Bertz CT molecular complexity index is 1790. The van der Waals surface area contributed by atoms with Crippen LogP contribution in [0.1, 0.15) is 0 Å². The van der Waals surface area contributed by atoms with Crippen molar-refractivity contribution >= 4 is 73.8 Å². The van der Waals surface area contributed by atoms with E-state index in [2.05, 4.69) is 247 Å². The normalized spacial score (nSPS) is 10.3. The summed E-state index contributed by atoms with van der Waals surface area (Å²) in [4.78, 5) is 2.12. The third-order valence-corrected chi connectivity index (χ3v) is 13.1. The van der Waals surface area contributed by atoms with Gasteiger partial charge in [0.15, 0.2) is 0 Å². The van der Waals surface area contributed by atoms with E-state index in [1.807, 2.05) is 17.3 Å². The van der Waals surface area contributed by atoms with Gasteiger partial charge in [0.2, 0.25) is 0 Å². The van der Waals surface area contributed by atoms with Crippen LogP contribution >= 0.6 is 25.5 Å². The first-order valence-corrected chi connectivity index (χ1v) is 22.0. The van der Waals surface area contributed by atoms with Crippen molar-refractivity contribution < 1.29 is 17.3 Å². The summed E-state index contributed by atoms with van der Waals surface area (Å²) >= 11 is 1.82. The zero-order valence-electron chi connectivity index (χ0n) is 29.4. The van der Waals surface area contributed by atoms with Crippen LogP contribution in [0.4, 0.5) is 5.69 Å². The average Bonchev–Trinajstić information content (AvgIpc) is 3.67. The first-order valence-electron chi connectivity index (χ1n) is 17.0. The van der Waals surface area contributed by atoms with Gasteiger partial charge in [0, 0.05) is 14.1 Å². The van der Waals surface area contributed by atoms with Crippen molar-refractivity contribution in [1.29, 1.82) is 0 Å². The minimum absolute atomic E-state index is 0.446. The number of rotatable bonds is 7. The third-order valence-electron chi connectivity index (χ3n) is 8.21. The van der Waals surface area contributed by atoms with Gasteiger partial charge in [0.25, 0.3) is 0 Å². The molecular formula is C47H42ClNP2Ru. The predicted molar refractivity (Wildman–Crippen MR) is 230 cm³/mol. The standard InChI is InChI=1S/2C18H15P.C11H12N.ClH.Ru/c2*1-4-10-16(11-5-1)19(17-12-6-2-7-13-17)18-14-8-3-9-15-18;1-12(2)11-7-9-5-3-4-6-10(9)8-11;;/h2*1-15H;3-8H,1-2H3;1H;/q;;-1;;+2/p-1. The van der Waals surface area contributed by atoms with Crippen molar-refractivity contribution in [3.05, 3.63) is 218 Å². The van der Waals surface area contributed by atoms with E-state index in [4.69, 9.17) is 0 Å². The molecule has 52 heavy (non-hydrogen) atoms. The Kier molecular flexibility index (Phi) is 15.9. The zero-order chi connectivity index (χ0) is 36.4. The topological polar surface area (TPSA) is 3.24 Å². The van der Waals surface area contributed by atoms with Crippen LogP contribution in [0.3, 0.4) is 0 Å². The summed E-state index contributed by atoms with van der Waals surface area (Å²) in [5, 5.41) is 11.0. The van der Waals surface area contributed by atoms with Crippen molar-refractivity contribution in [2.24, 2.45) is 0 Å². The Morgan fingerprint density at radius 1 is 0.385 bits per heavy atom. The van der Waals surface area contributed by atoms with Gasteiger partial charge in [-0.25, -0.2) is 0 Å². The first kappa shape index (κ1) is 38.9. The number of hydrogen-bond donors (Lipinski definition) is 0. The van der Waals surface area contributed by atoms with E-state index in [1.165, 1.54) is 48.3 Å². The fourth-order valence-electron chi connectivity index (χ4n) is 5.75. The summed E-state index contributed by atoms with van der Waals surface area (Å²) in [5.74, 6) is 0. The van der Waals surface area contributed by atoms with Gasteiger partial charge in [-0.05, 0) is 47.7 Å². The molecule has 0 heterocycles. The van der Waals surface area contributed by atoms with Gasteiger partial charge < -0.3 is 4.90 Å². The smallest absolute Gasteiger partial charge is 0.0134 e. The summed E-state index contributed by atoms with van der Waals surface area (Å²) in [7, 11) is 7.80. The maximum Gasteiger partial charge on any atom is -0.0134 e. The van der Waals surface area contributed by atoms with Crippen LogP contribution in [-0.2, 0) is 17.3 Å². The zero-order valence-corrected chi connectivity index (χ0v) is 33.6. The molecule has 1 nitrogen and oxygen atoms in total. The molecule has 0 fully saturated rings. The van der Waals surface area contributed by atoms with Gasteiger partial charge in [-0.1, -0.05) is 194 Å². The number of nitrogens with zero attached hydrogens (tertiary/aromatic N) is 1. The van der Waals surface area contributed by atoms with Crippen molar-refractivity contribution in [2.45, 2.75) is 0 Å². The SMILES string of the molecule is CN(C)c1cc2ccccc2[cH-]1.[Cl][Ru+].c1ccc(P(c2ccccc2)c2ccccc2)cc1.c1ccc(P(c2ccccc2)c2ccccc2)cc1. The van der Waals surface area contributed by atoms with Gasteiger partial charge in [-0.3, -0.25) is 0 Å². The van der Waals surface area contributed by atoms with Gasteiger partial charge in [-0.15, -0.1) is 41.1 Å². The molecule has 8 aromatic rings. The molecule has 8 aromatic carbocycles. The van der Waals surface area contributed by atoms with Crippen LogP contribution in [0.25, 0.3) is 10.8 Å². The molecule has 0 unspecified atom stereocenters. The molecule has 0 radical (unpaired) electrons. The van der Waals surface area contributed by atoms with E-state index in [0.717, 1.165) is 0 Å². The van der Waals surface area contributed by atoms with E-state index in [0.29, 0.717) is 0 Å². The Balaban J connectivity index is 0.000000151. The fourth-order valence-corrected chi connectivity index (χ4v) is 10.4. The molecule has 0 aliphatic carbocycles. The van der Waals surface area contributed by atoms with Gasteiger partial charge in [0.05, 0.1) is 0 Å². The van der Waals surface area contributed by atoms with Gasteiger partial charge in [0.1, 0.15) is 0 Å². The molecule has 8 rings (SSSR count). The van der Waals surface area contributed by atoms with Crippen molar-refractivity contribution in [2.75, 3.05) is 19.0 Å². The number of hydrogen-bond acceptors (Lipinski definition) is 1. The van der Waals surface area contributed by atoms with Crippen LogP contribution in [0, 0.1) is 0 Å². The number of benzene rings is 7. The van der Waals surface area contributed by atoms with Crippen LogP contribution in [0.15, 0.2) is 218 Å². The Morgan fingerprint density at radius 3 is 0.885 bits per heavy atom. The monoisotopic (exact) mass is 819 g/mol. The third kappa shape index (κ3) is 11.1. The number of fused-ring (bicyclic) bond motifs is 1. The van der Waals surface area contributed by atoms with Gasteiger partial charge in [-0.2, -0.15) is 0 Å². The van der Waals surface area contributed by atoms with E-state index < -0.39 is 15.8 Å².